The van der Waals surface area contributed by atoms with Gasteiger partial charge in [0.25, 0.3) is 0 Å². The fourth-order valence-corrected chi connectivity index (χ4v) is 3.93. The van der Waals surface area contributed by atoms with Gasteiger partial charge < -0.3 is 5.73 Å². The molecule has 1 aromatic carbocycles. The summed E-state index contributed by atoms with van der Waals surface area (Å²) in [6.07, 6.45) is 0.804. The van der Waals surface area contributed by atoms with Crippen molar-refractivity contribution < 1.29 is 8.42 Å². The van der Waals surface area contributed by atoms with Gasteiger partial charge in [-0.25, -0.2) is 13.1 Å². The highest BCUT2D eigenvalue weighted by Crippen LogP contribution is 2.20. The second kappa shape index (κ2) is 6.83. The molecule has 0 aliphatic rings. The molecule has 3 N–H and O–H groups in total. The van der Waals surface area contributed by atoms with E-state index in [-0.39, 0.29) is 10.8 Å². The number of hydrogen-bond donors (Lipinski definition) is 2. The van der Waals surface area contributed by atoms with E-state index in [4.69, 9.17) is 11.0 Å². The van der Waals surface area contributed by atoms with E-state index in [0.29, 0.717) is 11.4 Å². The average Bonchev–Trinajstić information content (AvgIpc) is 2.97. The number of sulfonamides is 1. The van der Waals surface area contributed by atoms with E-state index in [2.05, 4.69) is 4.72 Å². The Morgan fingerprint density at radius 2 is 1.81 bits per heavy atom. The largest absolute Gasteiger partial charge is 0.330 e. The third-order valence-corrected chi connectivity index (χ3v) is 5.76. The Labute approximate surface area is 128 Å². The first-order chi connectivity index (χ1) is 10.0. The molecular weight excluding hydrogens is 306 g/mol. The maximum atomic E-state index is 12.1. The SMILES string of the molecule is N#Cc1ccc(S(=O)(=O)NCc2ccc(CCN)cc2)s1. The number of nitrogens with two attached hydrogens (primary N) is 1. The molecule has 1 heterocycles. The molecule has 1 aromatic heterocycles. The Morgan fingerprint density at radius 1 is 1.14 bits per heavy atom. The van der Waals surface area contributed by atoms with Crippen molar-refractivity contribution in [2.75, 3.05) is 6.54 Å². The molecule has 0 aliphatic carbocycles. The molecule has 0 spiro atoms. The van der Waals surface area contributed by atoms with Gasteiger partial charge in [-0.3, -0.25) is 0 Å². The molecule has 0 amide bonds. The van der Waals surface area contributed by atoms with Crippen LogP contribution >= 0.6 is 11.3 Å². The summed E-state index contributed by atoms with van der Waals surface area (Å²) in [4.78, 5) is 0.376. The lowest BCUT2D eigenvalue weighted by Gasteiger charge is -2.06. The summed E-state index contributed by atoms with van der Waals surface area (Å²) in [5.74, 6) is 0. The van der Waals surface area contributed by atoms with Crippen molar-refractivity contribution in [2.24, 2.45) is 5.73 Å². The van der Waals surface area contributed by atoms with Crippen molar-refractivity contribution in [3.63, 3.8) is 0 Å². The van der Waals surface area contributed by atoms with E-state index < -0.39 is 10.0 Å². The highest BCUT2D eigenvalue weighted by Gasteiger charge is 2.16. The molecule has 0 bridgehead atoms. The van der Waals surface area contributed by atoms with Crippen molar-refractivity contribution >= 4 is 21.4 Å². The number of hydrogen-bond acceptors (Lipinski definition) is 5. The summed E-state index contributed by atoms with van der Waals surface area (Å²) in [6.45, 7) is 0.802. The number of nitrogens with zero attached hydrogens (tertiary/aromatic N) is 1. The molecule has 21 heavy (non-hydrogen) atoms. The second-order valence-corrected chi connectivity index (χ2v) is 7.49. The van der Waals surface area contributed by atoms with Gasteiger partial charge >= 0.3 is 0 Å². The van der Waals surface area contributed by atoms with Crippen molar-refractivity contribution in [2.45, 2.75) is 17.2 Å². The maximum absolute atomic E-state index is 12.1. The molecule has 0 unspecified atom stereocenters. The van der Waals surface area contributed by atoms with E-state index in [9.17, 15) is 8.42 Å². The van der Waals surface area contributed by atoms with Crippen LogP contribution in [0.1, 0.15) is 16.0 Å². The van der Waals surface area contributed by atoms with Gasteiger partial charge in [-0.15, -0.1) is 11.3 Å². The Kier molecular flexibility index (Phi) is 5.09. The van der Waals surface area contributed by atoms with Crippen LogP contribution in [-0.2, 0) is 23.0 Å². The third-order valence-electron chi connectivity index (χ3n) is 2.88. The van der Waals surface area contributed by atoms with Gasteiger partial charge in [0.15, 0.2) is 0 Å². The van der Waals surface area contributed by atoms with Crippen molar-refractivity contribution in [1.29, 1.82) is 5.26 Å². The van der Waals surface area contributed by atoms with Gasteiger partial charge in [0, 0.05) is 6.54 Å². The molecule has 0 fully saturated rings. The zero-order valence-electron chi connectivity index (χ0n) is 11.2. The monoisotopic (exact) mass is 321 g/mol. The van der Waals surface area contributed by atoms with Crippen LogP contribution in [0.2, 0.25) is 0 Å². The van der Waals surface area contributed by atoms with Crippen molar-refractivity contribution in [3.05, 3.63) is 52.4 Å². The number of nitrogens with one attached hydrogen (secondary N) is 1. The summed E-state index contributed by atoms with van der Waals surface area (Å²) >= 11 is 0.959. The lowest BCUT2D eigenvalue weighted by atomic mass is 10.1. The Hall–Kier alpha value is -1.72. The van der Waals surface area contributed by atoms with E-state index >= 15 is 0 Å². The predicted molar refractivity (Wildman–Crippen MR) is 82.3 cm³/mol. The molecule has 0 saturated carbocycles. The summed E-state index contributed by atoms with van der Waals surface area (Å²) in [5.41, 5.74) is 7.48. The number of nitriles is 1. The van der Waals surface area contributed by atoms with Gasteiger partial charge in [-0.2, -0.15) is 5.26 Å². The summed E-state index contributed by atoms with van der Waals surface area (Å²) in [6, 6.07) is 12.5. The first-order valence-electron chi connectivity index (χ1n) is 6.32. The van der Waals surface area contributed by atoms with Crippen LogP contribution < -0.4 is 10.5 Å². The topological polar surface area (TPSA) is 96.0 Å². The van der Waals surface area contributed by atoms with Gasteiger partial charge in [-0.05, 0) is 36.2 Å². The van der Waals surface area contributed by atoms with E-state index in [0.717, 1.165) is 28.9 Å². The molecule has 0 atom stereocenters. The van der Waals surface area contributed by atoms with Crippen molar-refractivity contribution in [3.8, 4) is 6.07 Å². The fourth-order valence-electron chi connectivity index (χ4n) is 1.76. The van der Waals surface area contributed by atoms with Crippen LogP contribution in [0.15, 0.2) is 40.6 Å². The Morgan fingerprint density at radius 3 is 2.38 bits per heavy atom. The minimum Gasteiger partial charge on any atom is -0.330 e. The maximum Gasteiger partial charge on any atom is 0.250 e. The predicted octanol–water partition coefficient (Wildman–Crippen LogP) is 1.60. The summed E-state index contributed by atoms with van der Waals surface area (Å²) < 4.78 is 26.8. The van der Waals surface area contributed by atoms with Gasteiger partial charge in [0.2, 0.25) is 10.0 Å². The number of thiophene rings is 1. The van der Waals surface area contributed by atoms with Crippen molar-refractivity contribution in [1.82, 2.24) is 4.72 Å². The van der Waals surface area contributed by atoms with Crippen LogP contribution in [-0.4, -0.2) is 15.0 Å². The lowest BCUT2D eigenvalue weighted by Crippen LogP contribution is -2.22. The first kappa shape index (κ1) is 15.7. The van der Waals surface area contributed by atoms with Crippen LogP contribution in [0.3, 0.4) is 0 Å². The highest BCUT2D eigenvalue weighted by atomic mass is 32.2. The first-order valence-corrected chi connectivity index (χ1v) is 8.62. The average molecular weight is 321 g/mol. The summed E-state index contributed by atoms with van der Waals surface area (Å²) in [5, 5.41) is 8.73. The molecule has 5 nitrogen and oxygen atoms in total. The normalized spacial score (nSPS) is 11.2. The highest BCUT2D eigenvalue weighted by molar-refractivity contribution is 7.91. The molecule has 0 aliphatic heterocycles. The van der Waals surface area contributed by atoms with Gasteiger partial charge in [0.05, 0.1) is 0 Å². The molecule has 0 radical (unpaired) electrons. The summed E-state index contributed by atoms with van der Waals surface area (Å²) in [7, 11) is -3.57. The molecule has 110 valence electrons. The van der Waals surface area contributed by atoms with Crippen LogP contribution in [0.4, 0.5) is 0 Å². The minimum absolute atomic E-state index is 0.152. The Balaban J connectivity index is 2.03. The molecule has 2 rings (SSSR count). The molecule has 7 heteroatoms. The van der Waals surface area contributed by atoms with Crippen LogP contribution in [0.25, 0.3) is 0 Å². The second-order valence-electron chi connectivity index (χ2n) is 4.41. The van der Waals surface area contributed by atoms with Gasteiger partial charge in [0.1, 0.15) is 15.2 Å². The zero-order chi connectivity index (χ0) is 15.3. The quantitative estimate of drug-likeness (QED) is 0.844. The molecule has 0 saturated heterocycles. The molecule has 2 aromatic rings. The zero-order valence-corrected chi connectivity index (χ0v) is 12.9. The van der Waals surface area contributed by atoms with Crippen LogP contribution in [0.5, 0.6) is 0 Å². The van der Waals surface area contributed by atoms with Crippen LogP contribution in [0, 0.1) is 11.3 Å². The van der Waals surface area contributed by atoms with E-state index in [1.807, 2.05) is 30.3 Å². The minimum atomic E-state index is -3.57. The number of benzene rings is 1. The van der Waals surface area contributed by atoms with E-state index in [1.54, 1.807) is 0 Å². The van der Waals surface area contributed by atoms with Gasteiger partial charge in [-0.1, -0.05) is 24.3 Å². The molecular formula is C14H15N3O2S2. The third kappa shape index (κ3) is 4.12. The van der Waals surface area contributed by atoms with E-state index in [1.165, 1.54) is 12.1 Å². The fraction of sp³-hybridized carbons (Fsp3) is 0.214. The smallest absolute Gasteiger partial charge is 0.250 e. The number of rotatable bonds is 6. The lowest BCUT2D eigenvalue weighted by molar-refractivity contribution is 0.583. The standard InChI is InChI=1S/C14H15N3O2S2/c15-8-7-11-1-3-12(4-2-11)10-17-21(18,19)14-6-5-13(9-16)20-14/h1-6,17H,7-8,10,15H2. The Bertz CT molecular complexity index is 743.